The maximum atomic E-state index is 13.2. The minimum Gasteiger partial charge on any atom is -0.462 e. The molecule has 4 nitrogen and oxygen atoms in total. The number of nitrogens with two attached hydrogens (primary N) is 1. The number of nitrogen functional groups attached to an aromatic ring is 1. The molecule has 1 aromatic heterocycles. The van der Waals surface area contributed by atoms with E-state index in [1.807, 2.05) is 0 Å². The smallest absolute Gasteiger partial charge is 0.342 e. The minimum atomic E-state index is -2.99. The molecule has 0 aliphatic carbocycles. The number of anilines is 1. The lowest BCUT2D eigenvalue weighted by Gasteiger charge is -2.07. The highest BCUT2D eigenvalue weighted by atomic mass is 19.3. The van der Waals surface area contributed by atoms with Crippen LogP contribution in [0.4, 0.5) is 18.9 Å². The quantitative estimate of drug-likeness (QED) is 0.641. The van der Waals surface area contributed by atoms with Gasteiger partial charge in [-0.15, -0.1) is 0 Å². The summed E-state index contributed by atoms with van der Waals surface area (Å²) in [6.45, 7) is 1.56. The van der Waals surface area contributed by atoms with Gasteiger partial charge in [0.05, 0.1) is 12.3 Å². The monoisotopic (exact) mass is 234 g/mol. The van der Waals surface area contributed by atoms with Crippen LogP contribution >= 0.6 is 0 Å². The molecule has 0 atom stereocenters. The van der Waals surface area contributed by atoms with E-state index in [-0.39, 0.29) is 6.61 Å². The van der Waals surface area contributed by atoms with E-state index in [9.17, 15) is 18.0 Å². The molecule has 1 aromatic rings. The third-order valence-corrected chi connectivity index (χ3v) is 1.74. The van der Waals surface area contributed by atoms with Crippen molar-refractivity contribution in [2.45, 2.75) is 13.3 Å². The number of rotatable bonds is 3. The highest BCUT2D eigenvalue weighted by molar-refractivity contribution is 5.90. The molecule has 0 saturated carbocycles. The summed E-state index contributed by atoms with van der Waals surface area (Å²) in [6, 6.07) is 0.793. The predicted molar refractivity (Wildman–Crippen MR) is 49.5 cm³/mol. The first kappa shape index (κ1) is 12.3. The Morgan fingerprint density at radius 3 is 2.75 bits per heavy atom. The van der Waals surface area contributed by atoms with Gasteiger partial charge in [-0.3, -0.25) is 0 Å². The van der Waals surface area contributed by atoms with Gasteiger partial charge in [-0.1, -0.05) is 0 Å². The Morgan fingerprint density at radius 1 is 1.62 bits per heavy atom. The predicted octanol–water partition coefficient (Wildman–Crippen LogP) is 1.92. The van der Waals surface area contributed by atoms with Crippen molar-refractivity contribution < 1.29 is 22.7 Å². The third kappa shape index (κ3) is 2.41. The Hall–Kier alpha value is -1.79. The Kier molecular flexibility index (Phi) is 3.70. The van der Waals surface area contributed by atoms with Crippen molar-refractivity contribution >= 4 is 11.7 Å². The van der Waals surface area contributed by atoms with Crippen LogP contribution in [0.15, 0.2) is 6.07 Å². The minimum absolute atomic E-state index is 0.0365. The fraction of sp³-hybridized carbons (Fsp3) is 0.333. The van der Waals surface area contributed by atoms with Crippen LogP contribution in [0.25, 0.3) is 0 Å². The van der Waals surface area contributed by atoms with E-state index in [2.05, 4.69) is 9.72 Å². The van der Waals surface area contributed by atoms with Crippen molar-refractivity contribution in [1.29, 1.82) is 0 Å². The van der Waals surface area contributed by atoms with Gasteiger partial charge in [0, 0.05) is 0 Å². The topological polar surface area (TPSA) is 65.2 Å². The molecular formula is C9H9F3N2O2. The summed E-state index contributed by atoms with van der Waals surface area (Å²) in [5.74, 6) is -2.30. The van der Waals surface area contributed by atoms with Crippen LogP contribution in [0, 0.1) is 5.95 Å². The fourth-order valence-electron chi connectivity index (χ4n) is 1.05. The molecule has 2 N–H and O–H groups in total. The molecule has 7 heteroatoms. The summed E-state index contributed by atoms with van der Waals surface area (Å²) in [4.78, 5) is 14.1. The number of pyridine rings is 1. The van der Waals surface area contributed by atoms with Crippen LogP contribution in [0.2, 0.25) is 0 Å². The molecular weight excluding hydrogens is 225 g/mol. The largest absolute Gasteiger partial charge is 0.462 e. The Labute approximate surface area is 89.2 Å². The van der Waals surface area contributed by atoms with E-state index in [4.69, 9.17) is 5.73 Å². The molecule has 1 rings (SSSR count). The number of esters is 1. The van der Waals surface area contributed by atoms with E-state index >= 15 is 0 Å². The summed E-state index contributed by atoms with van der Waals surface area (Å²) in [7, 11) is 0. The zero-order valence-corrected chi connectivity index (χ0v) is 8.34. The van der Waals surface area contributed by atoms with Gasteiger partial charge in [0.2, 0.25) is 5.95 Å². The molecule has 16 heavy (non-hydrogen) atoms. The van der Waals surface area contributed by atoms with E-state index in [0.717, 1.165) is 6.07 Å². The van der Waals surface area contributed by atoms with E-state index in [0.29, 0.717) is 0 Å². The fourth-order valence-corrected chi connectivity index (χ4v) is 1.05. The van der Waals surface area contributed by atoms with Crippen LogP contribution in [0.3, 0.4) is 0 Å². The van der Waals surface area contributed by atoms with Gasteiger partial charge in [0.25, 0.3) is 6.43 Å². The van der Waals surface area contributed by atoms with E-state index in [1.165, 1.54) is 6.92 Å². The molecule has 0 amide bonds. The maximum Gasteiger partial charge on any atom is 0.342 e. The average Bonchev–Trinajstić information content (AvgIpc) is 2.20. The molecule has 88 valence electrons. The first-order valence-corrected chi connectivity index (χ1v) is 4.38. The Balaban J connectivity index is 3.15. The standard InChI is InChI=1S/C9H9F3N2O2/c1-2-16-9(15)4-3-5(13)6(7(10)11)14-8(4)12/h3,7H,2,13H2,1H3. The molecule has 0 unspecified atom stereocenters. The normalized spacial score (nSPS) is 10.6. The highest BCUT2D eigenvalue weighted by Crippen LogP contribution is 2.24. The zero-order valence-electron chi connectivity index (χ0n) is 8.34. The Morgan fingerprint density at radius 2 is 2.25 bits per heavy atom. The molecule has 0 aliphatic rings. The lowest BCUT2D eigenvalue weighted by Crippen LogP contribution is -2.11. The number of halogens is 3. The summed E-state index contributed by atoms with van der Waals surface area (Å²) >= 11 is 0. The molecule has 0 saturated heterocycles. The molecule has 0 fully saturated rings. The number of carbonyl (C=O) groups excluding carboxylic acids is 1. The van der Waals surface area contributed by atoms with Crippen LogP contribution in [-0.4, -0.2) is 17.6 Å². The van der Waals surface area contributed by atoms with Crippen LogP contribution in [-0.2, 0) is 4.74 Å². The second-order valence-corrected chi connectivity index (χ2v) is 2.82. The van der Waals surface area contributed by atoms with Crippen LogP contribution in [0.1, 0.15) is 29.4 Å². The molecule has 1 heterocycles. The van der Waals surface area contributed by atoms with Crippen molar-refractivity contribution in [2.24, 2.45) is 0 Å². The molecule has 0 radical (unpaired) electrons. The summed E-state index contributed by atoms with van der Waals surface area (Å²) in [6.07, 6.45) is -2.99. The first-order valence-electron chi connectivity index (χ1n) is 4.38. The molecule has 0 spiro atoms. The number of carbonyl (C=O) groups is 1. The summed E-state index contributed by atoms with van der Waals surface area (Å²) < 4.78 is 42.2. The molecule has 0 aromatic carbocycles. The zero-order chi connectivity index (χ0) is 12.3. The number of ether oxygens (including phenoxy) is 1. The van der Waals surface area contributed by atoms with Gasteiger partial charge >= 0.3 is 5.97 Å². The van der Waals surface area contributed by atoms with E-state index < -0.39 is 35.3 Å². The molecule has 0 aliphatic heterocycles. The maximum absolute atomic E-state index is 13.2. The number of nitrogens with zero attached hydrogens (tertiary/aromatic N) is 1. The van der Waals surface area contributed by atoms with Crippen molar-refractivity contribution in [3.05, 3.63) is 23.3 Å². The van der Waals surface area contributed by atoms with Gasteiger partial charge in [-0.2, -0.15) is 4.39 Å². The van der Waals surface area contributed by atoms with Crippen molar-refractivity contribution in [3.63, 3.8) is 0 Å². The van der Waals surface area contributed by atoms with Crippen LogP contribution < -0.4 is 5.73 Å². The number of hydrogen-bond acceptors (Lipinski definition) is 4. The molecule has 0 bridgehead atoms. The van der Waals surface area contributed by atoms with Crippen molar-refractivity contribution in [1.82, 2.24) is 4.98 Å². The van der Waals surface area contributed by atoms with E-state index in [1.54, 1.807) is 0 Å². The van der Waals surface area contributed by atoms with Gasteiger partial charge in [0.1, 0.15) is 11.3 Å². The lowest BCUT2D eigenvalue weighted by atomic mass is 10.2. The van der Waals surface area contributed by atoms with Gasteiger partial charge < -0.3 is 10.5 Å². The van der Waals surface area contributed by atoms with Crippen LogP contribution in [0.5, 0.6) is 0 Å². The van der Waals surface area contributed by atoms with Gasteiger partial charge in [-0.05, 0) is 13.0 Å². The van der Waals surface area contributed by atoms with Crippen molar-refractivity contribution in [3.8, 4) is 0 Å². The summed E-state index contributed by atoms with van der Waals surface area (Å²) in [5.41, 5.74) is 3.33. The number of alkyl halides is 2. The number of hydrogen-bond donors (Lipinski definition) is 1. The second kappa shape index (κ2) is 4.82. The average molecular weight is 234 g/mol. The number of aromatic nitrogens is 1. The lowest BCUT2D eigenvalue weighted by molar-refractivity contribution is 0.0519. The van der Waals surface area contributed by atoms with Gasteiger partial charge in [0.15, 0.2) is 0 Å². The first-order chi connectivity index (χ1) is 7.47. The SMILES string of the molecule is CCOC(=O)c1cc(N)c(C(F)F)nc1F. The van der Waals surface area contributed by atoms with Gasteiger partial charge in [-0.25, -0.2) is 18.6 Å². The second-order valence-electron chi connectivity index (χ2n) is 2.82. The highest BCUT2D eigenvalue weighted by Gasteiger charge is 2.21. The van der Waals surface area contributed by atoms with Crippen molar-refractivity contribution in [2.75, 3.05) is 12.3 Å². The third-order valence-electron chi connectivity index (χ3n) is 1.74. The summed E-state index contributed by atoms with van der Waals surface area (Å²) in [5, 5.41) is 0. The Bertz CT molecular complexity index is 410.